The van der Waals surface area contributed by atoms with Gasteiger partial charge in [-0.1, -0.05) is 49.4 Å². The van der Waals surface area contributed by atoms with Crippen LogP contribution in [0, 0.1) is 0 Å². The van der Waals surface area contributed by atoms with Crippen LogP contribution in [0.1, 0.15) is 35.1 Å². The second-order valence-electron chi connectivity index (χ2n) is 7.61. The van der Waals surface area contributed by atoms with Crippen molar-refractivity contribution in [3.8, 4) is 0 Å². The quantitative estimate of drug-likeness (QED) is 0.467. The molecule has 4 aromatic rings. The van der Waals surface area contributed by atoms with Gasteiger partial charge in [0, 0.05) is 26.2 Å². The van der Waals surface area contributed by atoms with E-state index in [0.717, 1.165) is 34.0 Å². The van der Waals surface area contributed by atoms with Crippen molar-refractivity contribution in [1.29, 1.82) is 0 Å². The highest BCUT2D eigenvalue weighted by Gasteiger charge is 2.26. The number of benzene rings is 2. The first-order valence-corrected chi connectivity index (χ1v) is 11.5. The van der Waals surface area contributed by atoms with Crippen molar-refractivity contribution < 1.29 is 4.79 Å². The smallest absolute Gasteiger partial charge is 0.282 e. The molecule has 0 spiro atoms. The average Bonchev–Trinajstić information content (AvgIpc) is 3.37. The number of thiazole rings is 2. The number of fused-ring (bicyclic) bond motifs is 2. The van der Waals surface area contributed by atoms with Gasteiger partial charge < -0.3 is 9.80 Å². The molecule has 0 saturated carbocycles. The minimum Gasteiger partial charge on any atom is -0.345 e. The lowest BCUT2D eigenvalue weighted by Gasteiger charge is -2.34. The number of hydrogen-bond donors (Lipinski definition) is 0. The molecular weight excluding hydrogens is 400 g/mol. The van der Waals surface area contributed by atoms with E-state index in [4.69, 9.17) is 4.98 Å². The second-order valence-corrected chi connectivity index (χ2v) is 9.65. The van der Waals surface area contributed by atoms with Crippen molar-refractivity contribution in [3.63, 3.8) is 0 Å². The van der Waals surface area contributed by atoms with E-state index in [1.165, 1.54) is 21.6 Å². The molecular formula is C22H22N4OS2. The lowest BCUT2D eigenvalue weighted by atomic mass is 10.0. The number of carbonyl (C=O) groups excluding carboxylic acids is 1. The molecule has 2 aromatic heterocycles. The van der Waals surface area contributed by atoms with E-state index in [2.05, 4.69) is 41.9 Å². The summed E-state index contributed by atoms with van der Waals surface area (Å²) < 4.78 is 2.30. The van der Waals surface area contributed by atoms with Crippen molar-refractivity contribution in [3.05, 3.63) is 53.0 Å². The molecule has 0 atom stereocenters. The van der Waals surface area contributed by atoms with E-state index < -0.39 is 0 Å². The van der Waals surface area contributed by atoms with Crippen LogP contribution in [0.4, 0.5) is 5.13 Å². The van der Waals surface area contributed by atoms with Gasteiger partial charge in [-0.25, -0.2) is 9.97 Å². The summed E-state index contributed by atoms with van der Waals surface area (Å²) in [5, 5.41) is 1.64. The monoisotopic (exact) mass is 422 g/mol. The van der Waals surface area contributed by atoms with Crippen LogP contribution in [-0.2, 0) is 0 Å². The van der Waals surface area contributed by atoms with Gasteiger partial charge >= 0.3 is 0 Å². The molecule has 0 radical (unpaired) electrons. The van der Waals surface area contributed by atoms with Gasteiger partial charge in [0.1, 0.15) is 0 Å². The lowest BCUT2D eigenvalue weighted by molar-refractivity contribution is 0.0746. The third-order valence-corrected chi connectivity index (χ3v) is 7.48. The molecule has 29 heavy (non-hydrogen) atoms. The summed E-state index contributed by atoms with van der Waals surface area (Å²) in [6.07, 6.45) is 0. The fourth-order valence-electron chi connectivity index (χ4n) is 3.76. The number of piperazine rings is 1. The van der Waals surface area contributed by atoms with Crippen molar-refractivity contribution in [2.45, 2.75) is 19.8 Å². The Kier molecular flexibility index (Phi) is 4.72. The number of anilines is 1. The first kappa shape index (κ1) is 18.5. The Morgan fingerprint density at radius 1 is 0.931 bits per heavy atom. The first-order chi connectivity index (χ1) is 14.1. The van der Waals surface area contributed by atoms with Crippen LogP contribution in [0.15, 0.2) is 42.5 Å². The van der Waals surface area contributed by atoms with Crippen LogP contribution >= 0.6 is 22.7 Å². The standard InChI is InChI=1S/C22H22N4OS2/c1-14(2)15-6-5-9-18-19(15)24-22(29-18)26-12-10-25(11-13-26)21(27)20-23-16-7-3-4-8-17(16)28-20/h3-9,14H,10-13H2,1-2H3. The lowest BCUT2D eigenvalue weighted by Crippen LogP contribution is -2.48. The van der Waals surface area contributed by atoms with Gasteiger partial charge in [-0.3, -0.25) is 4.79 Å². The molecule has 2 aromatic carbocycles. The largest absolute Gasteiger partial charge is 0.345 e. The van der Waals surface area contributed by atoms with Gasteiger partial charge in [-0.15, -0.1) is 11.3 Å². The summed E-state index contributed by atoms with van der Waals surface area (Å²) in [6, 6.07) is 14.3. The molecule has 148 valence electrons. The fraction of sp³-hybridized carbons (Fsp3) is 0.318. The minimum absolute atomic E-state index is 0.0391. The Morgan fingerprint density at radius 2 is 1.69 bits per heavy atom. The number of hydrogen-bond acceptors (Lipinski definition) is 6. The maximum atomic E-state index is 12.9. The van der Waals surface area contributed by atoms with Gasteiger partial charge in [0.2, 0.25) is 0 Å². The van der Waals surface area contributed by atoms with Gasteiger partial charge in [-0.2, -0.15) is 0 Å². The topological polar surface area (TPSA) is 49.3 Å². The van der Waals surface area contributed by atoms with Crippen LogP contribution in [-0.4, -0.2) is 47.0 Å². The number of aromatic nitrogens is 2. The molecule has 1 aliphatic rings. The molecule has 5 nitrogen and oxygen atoms in total. The van der Waals surface area contributed by atoms with E-state index in [0.29, 0.717) is 24.0 Å². The molecule has 1 fully saturated rings. The zero-order valence-corrected chi connectivity index (χ0v) is 18.1. The van der Waals surface area contributed by atoms with Crippen LogP contribution < -0.4 is 4.90 Å². The van der Waals surface area contributed by atoms with Crippen LogP contribution in [0.25, 0.3) is 20.4 Å². The Morgan fingerprint density at radius 3 is 2.45 bits per heavy atom. The third-order valence-electron chi connectivity index (χ3n) is 5.38. The SMILES string of the molecule is CC(C)c1cccc2sc(N3CCN(C(=O)c4nc5ccccc5s4)CC3)nc12. The summed E-state index contributed by atoms with van der Waals surface area (Å²) in [7, 11) is 0. The van der Waals surface area contributed by atoms with Crippen molar-refractivity contribution in [2.24, 2.45) is 0 Å². The number of carbonyl (C=O) groups is 1. The van der Waals surface area contributed by atoms with Crippen LogP contribution in [0.3, 0.4) is 0 Å². The number of nitrogens with zero attached hydrogens (tertiary/aromatic N) is 4. The van der Waals surface area contributed by atoms with Crippen LogP contribution in [0.2, 0.25) is 0 Å². The zero-order chi connectivity index (χ0) is 20.0. The Bertz CT molecular complexity index is 1150. The number of amides is 1. The maximum absolute atomic E-state index is 12.9. The highest BCUT2D eigenvalue weighted by Crippen LogP contribution is 2.34. The predicted molar refractivity (Wildman–Crippen MR) is 121 cm³/mol. The molecule has 7 heteroatoms. The normalized spacial score (nSPS) is 15.0. The first-order valence-electron chi connectivity index (χ1n) is 9.89. The van der Waals surface area contributed by atoms with E-state index in [1.807, 2.05) is 29.2 Å². The number of para-hydroxylation sites is 2. The van der Waals surface area contributed by atoms with E-state index in [9.17, 15) is 4.79 Å². The summed E-state index contributed by atoms with van der Waals surface area (Å²) in [5.74, 6) is 0.495. The molecule has 5 rings (SSSR count). The highest BCUT2D eigenvalue weighted by atomic mass is 32.1. The summed E-state index contributed by atoms with van der Waals surface area (Å²) in [6.45, 7) is 7.41. The van der Waals surface area contributed by atoms with Gasteiger partial charge in [0.05, 0.1) is 20.4 Å². The van der Waals surface area contributed by atoms with E-state index >= 15 is 0 Å². The fourth-order valence-corrected chi connectivity index (χ4v) is 5.74. The molecule has 0 aliphatic carbocycles. The van der Waals surface area contributed by atoms with Gasteiger partial charge in [0.25, 0.3) is 5.91 Å². The summed E-state index contributed by atoms with van der Waals surface area (Å²) >= 11 is 3.22. The summed E-state index contributed by atoms with van der Waals surface area (Å²) in [5.41, 5.74) is 3.32. The second kappa shape index (κ2) is 7.39. The van der Waals surface area contributed by atoms with E-state index in [1.54, 1.807) is 11.3 Å². The highest BCUT2D eigenvalue weighted by molar-refractivity contribution is 7.22. The molecule has 1 aliphatic heterocycles. The number of rotatable bonds is 3. The third kappa shape index (κ3) is 3.38. The molecule has 3 heterocycles. The van der Waals surface area contributed by atoms with Gasteiger partial charge in [-0.05, 0) is 29.7 Å². The maximum Gasteiger partial charge on any atom is 0.282 e. The van der Waals surface area contributed by atoms with E-state index in [-0.39, 0.29) is 5.91 Å². The molecule has 0 unspecified atom stereocenters. The zero-order valence-electron chi connectivity index (χ0n) is 16.5. The molecule has 1 saturated heterocycles. The Hall–Kier alpha value is -2.51. The van der Waals surface area contributed by atoms with Crippen molar-refractivity contribution >= 4 is 54.1 Å². The molecule has 0 bridgehead atoms. The van der Waals surface area contributed by atoms with Gasteiger partial charge in [0.15, 0.2) is 10.1 Å². The summed E-state index contributed by atoms with van der Waals surface area (Å²) in [4.78, 5) is 26.6. The Balaban J connectivity index is 1.32. The Labute approximate surface area is 177 Å². The predicted octanol–water partition coefficient (Wildman–Crippen LogP) is 4.99. The molecule has 0 N–H and O–H groups in total. The van der Waals surface area contributed by atoms with Crippen molar-refractivity contribution in [1.82, 2.24) is 14.9 Å². The average molecular weight is 423 g/mol. The van der Waals surface area contributed by atoms with Crippen molar-refractivity contribution in [2.75, 3.05) is 31.1 Å². The minimum atomic E-state index is 0.0391. The molecule has 1 amide bonds. The van der Waals surface area contributed by atoms with Crippen LogP contribution in [0.5, 0.6) is 0 Å².